The summed E-state index contributed by atoms with van der Waals surface area (Å²) in [7, 11) is 0. The molecule has 0 saturated carbocycles. The number of para-hydroxylation sites is 1. The van der Waals surface area contributed by atoms with E-state index in [1.165, 1.54) is 0 Å². The van der Waals surface area contributed by atoms with Crippen molar-refractivity contribution in [3.8, 4) is 0 Å². The van der Waals surface area contributed by atoms with Gasteiger partial charge in [-0.2, -0.15) is 0 Å². The summed E-state index contributed by atoms with van der Waals surface area (Å²) in [5.74, 6) is -1.14. The van der Waals surface area contributed by atoms with Gasteiger partial charge in [0.1, 0.15) is 0 Å². The van der Waals surface area contributed by atoms with Crippen molar-refractivity contribution in [2.75, 3.05) is 0 Å². The number of hydrogen-bond acceptors (Lipinski definition) is 3. The van der Waals surface area contributed by atoms with E-state index in [1.54, 1.807) is 32.0 Å². The number of aromatic nitrogens is 1. The van der Waals surface area contributed by atoms with Gasteiger partial charge in [0.2, 0.25) is 0 Å². The molecule has 0 unspecified atom stereocenters. The third-order valence-electron chi connectivity index (χ3n) is 2.58. The van der Waals surface area contributed by atoms with Crippen LogP contribution in [0.15, 0.2) is 24.3 Å². The molecule has 0 radical (unpaired) electrons. The summed E-state index contributed by atoms with van der Waals surface area (Å²) < 4.78 is 0. The molecular formula is C12H10NO2-. The fourth-order valence-electron chi connectivity index (χ4n) is 1.69. The molecule has 0 fully saturated rings. The highest BCUT2D eigenvalue weighted by Crippen LogP contribution is 2.21. The van der Waals surface area contributed by atoms with Gasteiger partial charge in [0.05, 0.1) is 11.5 Å². The van der Waals surface area contributed by atoms with Crippen LogP contribution in [0.1, 0.15) is 21.6 Å². The van der Waals surface area contributed by atoms with E-state index in [0.717, 1.165) is 5.69 Å². The molecule has 0 aliphatic carbocycles. The molecule has 1 aromatic heterocycles. The molecule has 0 aliphatic rings. The number of fused-ring (bicyclic) bond motifs is 1. The van der Waals surface area contributed by atoms with Crippen molar-refractivity contribution in [1.29, 1.82) is 0 Å². The lowest BCUT2D eigenvalue weighted by Crippen LogP contribution is -2.24. The molecule has 0 saturated heterocycles. The Bertz CT molecular complexity index is 547. The topological polar surface area (TPSA) is 53.0 Å². The highest BCUT2D eigenvalue weighted by molar-refractivity contribution is 6.03. The number of carbonyl (C=O) groups excluding carboxylic acids is 1. The zero-order chi connectivity index (χ0) is 11.0. The second kappa shape index (κ2) is 3.35. The number of hydrogen-bond donors (Lipinski definition) is 0. The van der Waals surface area contributed by atoms with Crippen LogP contribution in [0.25, 0.3) is 10.9 Å². The SMILES string of the molecule is Cc1nc2ccccc2c(C(=O)[O-])c1C. The summed E-state index contributed by atoms with van der Waals surface area (Å²) >= 11 is 0. The number of carboxylic acids is 1. The minimum atomic E-state index is -1.14. The third-order valence-corrected chi connectivity index (χ3v) is 2.58. The summed E-state index contributed by atoms with van der Waals surface area (Å²) in [6, 6.07) is 7.18. The maximum Gasteiger partial charge on any atom is 0.0725 e. The molecule has 3 nitrogen and oxygen atoms in total. The van der Waals surface area contributed by atoms with Gasteiger partial charge in [0.25, 0.3) is 0 Å². The molecule has 1 heterocycles. The molecule has 3 heteroatoms. The Labute approximate surface area is 87.4 Å². The van der Waals surface area contributed by atoms with Crippen molar-refractivity contribution in [2.45, 2.75) is 13.8 Å². The first-order valence-electron chi connectivity index (χ1n) is 4.68. The van der Waals surface area contributed by atoms with E-state index in [9.17, 15) is 9.90 Å². The van der Waals surface area contributed by atoms with Crippen molar-refractivity contribution < 1.29 is 9.90 Å². The number of benzene rings is 1. The van der Waals surface area contributed by atoms with Crippen LogP contribution in [-0.2, 0) is 0 Å². The van der Waals surface area contributed by atoms with E-state index in [1.807, 2.05) is 6.07 Å². The first-order valence-corrected chi connectivity index (χ1v) is 4.68. The maximum atomic E-state index is 11.0. The van der Waals surface area contributed by atoms with Crippen LogP contribution < -0.4 is 5.11 Å². The van der Waals surface area contributed by atoms with Crippen molar-refractivity contribution in [1.82, 2.24) is 4.98 Å². The lowest BCUT2D eigenvalue weighted by atomic mass is 10.0. The molecule has 0 spiro atoms. The van der Waals surface area contributed by atoms with Gasteiger partial charge >= 0.3 is 0 Å². The van der Waals surface area contributed by atoms with Crippen LogP contribution in [0.4, 0.5) is 0 Å². The van der Waals surface area contributed by atoms with Gasteiger partial charge in [-0.3, -0.25) is 4.98 Å². The molecule has 0 atom stereocenters. The Morgan fingerprint density at radius 2 is 1.93 bits per heavy atom. The number of aryl methyl sites for hydroxylation is 1. The average molecular weight is 200 g/mol. The zero-order valence-corrected chi connectivity index (χ0v) is 8.57. The number of carboxylic acid groups (broad SMARTS) is 1. The van der Waals surface area contributed by atoms with E-state index in [4.69, 9.17) is 0 Å². The molecule has 15 heavy (non-hydrogen) atoms. The molecule has 0 bridgehead atoms. The summed E-state index contributed by atoms with van der Waals surface area (Å²) in [4.78, 5) is 15.4. The predicted molar refractivity (Wildman–Crippen MR) is 55.5 cm³/mol. The van der Waals surface area contributed by atoms with Gasteiger partial charge < -0.3 is 9.90 Å². The Morgan fingerprint density at radius 1 is 1.27 bits per heavy atom. The zero-order valence-electron chi connectivity index (χ0n) is 8.57. The number of carbonyl (C=O) groups is 1. The van der Waals surface area contributed by atoms with Crippen LogP contribution in [0, 0.1) is 13.8 Å². The normalized spacial score (nSPS) is 10.5. The molecule has 0 amide bonds. The lowest BCUT2D eigenvalue weighted by Gasteiger charge is -2.12. The van der Waals surface area contributed by atoms with Crippen molar-refractivity contribution >= 4 is 16.9 Å². The summed E-state index contributed by atoms with van der Waals surface area (Å²) in [6.45, 7) is 3.55. The van der Waals surface area contributed by atoms with E-state index < -0.39 is 5.97 Å². The van der Waals surface area contributed by atoms with Crippen LogP contribution in [0.3, 0.4) is 0 Å². The van der Waals surface area contributed by atoms with Gasteiger partial charge in [-0.1, -0.05) is 18.2 Å². The molecule has 0 N–H and O–H groups in total. The Kier molecular flexibility index (Phi) is 2.15. The summed E-state index contributed by atoms with van der Waals surface area (Å²) in [5.41, 5.74) is 2.35. The highest BCUT2D eigenvalue weighted by atomic mass is 16.4. The Morgan fingerprint density at radius 3 is 2.60 bits per heavy atom. The number of nitrogens with zero attached hydrogens (tertiary/aromatic N) is 1. The van der Waals surface area contributed by atoms with E-state index >= 15 is 0 Å². The molecule has 76 valence electrons. The fraction of sp³-hybridized carbons (Fsp3) is 0.167. The Balaban J connectivity index is 2.95. The van der Waals surface area contributed by atoms with E-state index in [2.05, 4.69) is 4.98 Å². The van der Waals surface area contributed by atoms with Crippen molar-refractivity contribution in [3.05, 3.63) is 41.1 Å². The Hall–Kier alpha value is -1.90. The van der Waals surface area contributed by atoms with Crippen molar-refractivity contribution in [2.24, 2.45) is 0 Å². The second-order valence-corrected chi connectivity index (χ2v) is 3.50. The van der Waals surface area contributed by atoms with Crippen LogP contribution in [-0.4, -0.2) is 11.0 Å². The predicted octanol–water partition coefficient (Wildman–Crippen LogP) is 1.22. The largest absolute Gasteiger partial charge is 0.545 e. The highest BCUT2D eigenvalue weighted by Gasteiger charge is 2.09. The lowest BCUT2D eigenvalue weighted by molar-refractivity contribution is -0.254. The van der Waals surface area contributed by atoms with Gasteiger partial charge in [-0.25, -0.2) is 0 Å². The summed E-state index contributed by atoms with van der Waals surface area (Å²) in [6.07, 6.45) is 0. The third kappa shape index (κ3) is 1.46. The smallest absolute Gasteiger partial charge is 0.0725 e. The fourth-order valence-corrected chi connectivity index (χ4v) is 1.69. The monoisotopic (exact) mass is 200 g/mol. The van der Waals surface area contributed by atoms with Crippen LogP contribution >= 0.6 is 0 Å². The molecule has 2 rings (SSSR count). The number of pyridine rings is 1. The summed E-state index contributed by atoms with van der Waals surface area (Å²) in [5, 5.41) is 11.7. The molecule has 0 aliphatic heterocycles. The van der Waals surface area contributed by atoms with Gasteiger partial charge in [-0.05, 0) is 25.5 Å². The van der Waals surface area contributed by atoms with Crippen molar-refractivity contribution in [3.63, 3.8) is 0 Å². The standard InChI is InChI=1S/C12H11NO2/c1-7-8(2)13-10-6-4-3-5-9(10)11(7)12(14)15/h3-6H,1-2H3,(H,14,15)/p-1. The van der Waals surface area contributed by atoms with Gasteiger partial charge in [0, 0.05) is 16.6 Å². The first-order chi connectivity index (χ1) is 7.11. The van der Waals surface area contributed by atoms with Crippen LogP contribution in [0.5, 0.6) is 0 Å². The first kappa shape index (κ1) is 9.65. The van der Waals surface area contributed by atoms with E-state index in [0.29, 0.717) is 16.5 Å². The minimum Gasteiger partial charge on any atom is -0.545 e. The number of aromatic carboxylic acids is 1. The number of rotatable bonds is 1. The molecule has 1 aromatic carbocycles. The minimum absolute atomic E-state index is 0.248. The quantitative estimate of drug-likeness (QED) is 0.695. The van der Waals surface area contributed by atoms with E-state index in [-0.39, 0.29) is 5.56 Å². The average Bonchev–Trinajstić information content (AvgIpc) is 2.19. The molecule has 2 aromatic rings. The van der Waals surface area contributed by atoms with Gasteiger partial charge in [-0.15, -0.1) is 0 Å². The molecular weight excluding hydrogens is 190 g/mol. The maximum absolute atomic E-state index is 11.0. The van der Waals surface area contributed by atoms with Crippen LogP contribution in [0.2, 0.25) is 0 Å². The second-order valence-electron chi connectivity index (χ2n) is 3.50. The van der Waals surface area contributed by atoms with Gasteiger partial charge in [0.15, 0.2) is 0 Å².